The van der Waals surface area contributed by atoms with Crippen LogP contribution in [-0.4, -0.2) is 13.0 Å². The van der Waals surface area contributed by atoms with Crippen LogP contribution in [0.2, 0.25) is 13.1 Å². The van der Waals surface area contributed by atoms with Crippen LogP contribution in [-0.2, 0) is 20.9 Å². The van der Waals surface area contributed by atoms with Gasteiger partial charge in [0.25, 0.3) is 0 Å². The Labute approximate surface area is 166 Å². The summed E-state index contributed by atoms with van der Waals surface area (Å²) >= 11 is -1.62. The van der Waals surface area contributed by atoms with E-state index in [9.17, 15) is 0 Å². The fourth-order valence-electron chi connectivity index (χ4n) is 3.99. The van der Waals surface area contributed by atoms with Gasteiger partial charge in [-0.05, 0) is 0 Å². The zero-order valence-electron chi connectivity index (χ0n) is 14.9. The molecule has 0 saturated carbocycles. The Balaban J connectivity index is 0.000000726. The smallest absolute Gasteiger partial charge is 1.00 e. The number of rotatable bonds is 3. The summed E-state index contributed by atoms with van der Waals surface area (Å²) in [5.74, 6) is -0.615. The molecular formula is C21H24ClOSiZr. The predicted molar refractivity (Wildman–Crippen MR) is 101 cm³/mol. The van der Waals surface area contributed by atoms with Crippen LogP contribution in [0, 0.1) is 0 Å². The van der Waals surface area contributed by atoms with Gasteiger partial charge in [0.2, 0.25) is 0 Å². The maximum atomic E-state index is 8.25. The molecule has 2 aliphatic carbocycles. The zero-order chi connectivity index (χ0) is 17.1. The zero-order valence-corrected chi connectivity index (χ0v) is 19.3. The van der Waals surface area contributed by atoms with Crippen LogP contribution >= 0.6 is 0 Å². The van der Waals surface area contributed by atoms with Crippen molar-refractivity contribution in [3.8, 4) is 0 Å². The maximum absolute atomic E-state index is 8.25. The third kappa shape index (κ3) is 4.01. The molecule has 0 spiro atoms. The van der Waals surface area contributed by atoms with Crippen LogP contribution < -0.4 is 17.5 Å². The standard InChI is InChI=1S/2C9H7.C2H7Si.CH3O.ClH.Zr/c2*1-2-5-9-7-3-6-8(9)4-1;1-3-2;1-2;;/h2*1-7H;3H,1-2H3;1H3;1H;/q;;;-1;;+2/p-1. The van der Waals surface area contributed by atoms with Crippen LogP contribution in [0.25, 0.3) is 12.2 Å². The summed E-state index contributed by atoms with van der Waals surface area (Å²) in [5.41, 5.74) is 6.18. The van der Waals surface area contributed by atoms with Gasteiger partial charge in [-0.1, -0.05) is 0 Å². The van der Waals surface area contributed by atoms with Gasteiger partial charge in [-0.15, -0.1) is 0 Å². The minimum Gasteiger partial charge on any atom is -1.00 e. The normalized spacial score (nSPS) is 18.9. The molecule has 25 heavy (non-hydrogen) atoms. The van der Waals surface area contributed by atoms with Gasteiger partial charge in [-0.2, -0.15) is 7.11 Å². The second-order valence-electron chi connectivity index (χ2n) is 6.59. The number of halogens is 1. The van der Waals surface area contributed by atoms with Gasteiger partial charge in [0.05, 0.1) is 0 Å². The van der Waals surface area contributed by atoms with Crippen LogP contribution in [0.5, 0.6) is 0 Å². The van der Waals surface area contributed by atoms with Gasteiger partial charge >= 0.3 is 142 Å². The van der Waals surface area contributed by atoms with Crippen LogP contribution in [0.1, 0.15) is 29.5 Å². The first-order valence-corrected chi connectivity index (χ1v) is 18.6. The summed E-state index contributed by atoms with van der Waals surface area (Å²) in [5, 5.41) is 8.25. The molecule has 2 aliphatic rings. The van der Waals surface area contributed by atoms with Crippen molar-refractivity contribution >= 4 is 18.1 Å². The summed E-state index contributed by atoms with van der Waals surface area (Å²) in [7, 11) is 0.750. The minimum atomic E-state index is -1.62. The molecule has 0 N–H and O–H groups in total. The van der Waals surface area contributed by atoms with Crippen molar-refractivity contribution in [1.82, 2.24) is 0 Å². The average Bonchev–Trinajstić information content (AvgIpc) is 3.22. The largest absolute Gasteiger partial charge is 1.00 e. The number of hydrogen-bond acceptors (Lipinski definition) is 1. The summed E-state index contributed by atoms with van der Waals surface area (Å²) in [6.07, 6.45) is 9.84. The van der Waals surface area contributed by atoms with Gasteiger partial charge in [0.1, 0.15) is 0 Å². The summed E-state index contributed by atoms with van der Waals surface area (Å²) in [4.78, 5) is 0. The monoisotopic (exact) mass is 445 g/mol. The molecule has 2 unspecified atom stereocenters. The second-order valence-corrected chi connectivity index (χ2v) is 26.9. The number of fused-ring (bicyclic) bond motifs is 2. The predicted octanol–water partition coefficient (Wildman–Crippen LogP) is 1.10. The molecule has 129 valence electrons. The molecule has 0 radical (unpaired) electrons. The van der Waals surface area contributed by atoms with E-state index < -0.39 is 26.8 Å². The fraction of sp³-hybridized carbons (Fsp3) is 0.238. The Bertz CT molecular complexity index is 710. The first-order valence-electron chi connectivity index (χ1n) is 8.57. The topological polar surface area (TPSA) is 23.1 Å². The maximum Gasteiger partial charge on any atom is -1.00 e. The third-order valence-electron chi connectivity index (χ3n) is 4.98. The van der Waals surface area contributed by atoms with Crippen LogP contribution in [0.15, 0.2) is 60.7 Å². The molecule has 2 aromatic rings. The van der Waals surface area contributed by atoms with Crippen molar-refractivity contribution in [2.24, 2.45) is 0 Å². The quantitative estimate of drug-likeness (QED) is 0.647. The van der Waals surface area contributed by atoms with E-state index in [1.54, 1.807) is 11.1 Å². The van der Waals surface area contributed by atoms with Crippen molar-refractivity contribution in [2.45, 2.75) is 20.3 Å². The van der Waals surface area contributed by atoms with E-state index in [-0.39, 0.29) is 12.4 Å². The molecule has 0 bridgehead atoms. The second kappa shape index (κ2) is 9.28. The Hall–Kier alpha value is -0.730. The van der Waals surface area contributed by atoms with E-state index >= 15 is 0 Å². The molecule has 0 heterocycles. The van der Waals surface area contributed by atoms with Crippen LogP contribution in [0.3, 0.4) is 0 Å². The molecule has 2 aromatic carbocycles. The van der Waals surface area contributed by atoms with E-state index in [1.165, 1.54) is 11.1 Å². The van der Waals surface area contributed by atoms with E-state index in [0.717, 1.165) is 14.4 Å². The number of allylic oxidation sites excluding steroid dienone is 2. The van der Waals surface area contributed by atoms with Gasteiger partial charge in [-0.3, -0.25) is 0 Å². The van der Waals surface area contributed by atoms with Gasteiger partial charge in [0, 0.05) is 0 Å². The molecule has 1 nitrogen and oxygen atoms in total. The van der Waals surface area contributed by atoms with Crippen molar-refractivity contribution in [1.29, 1.82) is 0 Å². The van der Waals surface area contributed by atoms with Crippen molar-refractivity contribution < 1.29 is 38.4 Å². The molecule has 4 heteroatoms. The molecule has 4 rings (SSSR count). The summed E-state index contributed by atoms with van der Waals surface area (Å²) < 4.78 is 1.57. The Morgan fingerprint density at radius 1 is 0.760 bits per heavy atom. The third-order valence-corrected chi connectivity index (χ3v) is 26.4. The number of hydrogen-bond donors (Lipinski definition) is 0. The molecule has 2 atom stereocenters. The Kier molecular flexibility index (Phi) is 7.64. The first kappa shape index (κ1) is 20.6. The van der Waals surface area contributed by atoms with E-state index in [1.807, 2.05) is 0 Å². The molecular weight excluding hydrogens is 423 g/mol. The molecule has 0 saturated heterocycles. The van der Waals surface area contributed by atoms with Gasteiger partial charge in [0.15, 0.2) is 0 Å². The number of benzene rings is 2. The van der Waals surface area contributed by atoms with E-state index in [2.05, 4.69) is 85.9 Å². The Morgan fingerprint density at radius 3 is 1.56 bits per heavy atom. The summed E-state index contributed by atoms with van der Waals surface area (Å²) in [6.45, 7) is 5.19. The molecule has 0 amide bonds. The Morgan fingerprint density at radius 2 is 1.16 bits per heavy atom. The minimum absolute atomic E-state index is 0. The fourth-order valence-corrected chi connectivity index (χ4v) is 25.0. The SMILES string of the molecule is C[O-].C[SiH](C)[Zr+2]([CH]1C=Cc2ccccc21)[CH]1C=Cc2ccccc21.[Cl-]. The molecule has 0 aliphatic heterocycles. The average molecular weight is 447 g/mol. The van der Waals surface area contributed by atoms with Crippen molar-refractivity contribution in [3.05, 3.63) is 82.9 Å². The van der Waals surface area contributed by atoms with Crippen molar-refractivity contribution in [3.63, 3.8) is 0 Å². The van der Waals surface area contributed by atoms with Crippen molar-refractivity contribution in [2.75, 3.05) is 7.11 Å². The van der Waals surface area contributed by atoms with E-state index in [4.69, 9.17) is 5.11 Å². The molecule has 0 aromatic heterocycles. The van der Waals surface area contributed by atoms with Gasteiger partial charge < -0.3 is 17.5 Å². The summed E-state index contributed by atoms with van der Waals surface area (Å²) in [6, 6.07) is 18.1. The van der Waals surface area contributed by atoms with Crippen LogP contribution in [0.4, 0.5) is 0 Å². The molecule has 0 fully saturated rings. The first-order chi connectivity index (χ1) is 11.8. The van der Waals surface area contributed by atoms with Gasteiger partial charge in [-0.25, -0.2) is 0 Å². The van der Waals surface area contributed by atoms with E-state index in [0.29, 0.717) is 0 Å².